The Morgan fingerprint density at radius 2 is 2.05 bits per heavy atom. The van der Waals surface area contributed by atoms with Crippen LogP contribution in [0.25, 0.3) is 0 Å². The number of carbonyl (C=O) groups is 1. The van der Waals surface area contributed by atoms with Crippen molar-refractivity contribution in [3.8, 4) is 6.07 Å². The number of hydrogen-bond donors (Lipinski definition) is 0. The van der Waals surface area contributed by atoms with Crippen LogP contribution in [0, 0.1) is 23.0 Å². The molecule has 108 valence electrons. The second-order valence-corrected chi connectivity index (χ2v) is 4.40. The number of halogens is 2. The van der Waals surface area contributed by atoms with Crippen LogP contribution in [-0.2, 0) is 9.53 Å². The lowest BCUT2D eigenvalue weighted by Crippen LogP contribution is -2.37. The fourth-order valence-corrected chi connectivity index (χ4v) is 1.74. The Bertz CT molecular complexity index is 539. The molecule has 1 aromatic carbocycles. The van der Waals surface area contributed by atoms with Gasteiger partial charge < -0.3 is 9.64 Å². The van der Waals surface area contributed by atoms with E-state index in [9.17, 15) is 13.6 Å². The highest BCUT2D eigenvalue weighted by Crippen LogP contribution is 2.25. The highest BCUT2D eigenvalue weighted by Gasteiger charge is 2.22. The minimum Gasteiger partial charge on any atom is -0.465 e. The van der Waals surface area contributed by atoms with Crippen molar-refractivity contribution in [2.75, 3.05) is 18.1 Å². The summed E-state index contributed by atoms with van der Waals surface area (Å²) in [6.07, 6.45) is 0. The predicted molar refractivity (Wildman–Crippen MR) is 70.2 cm³/mol. The molecule has 0 aromatic heterocycles. The number of nitriles is 1. The summed E-state index contributed by atoms with van der Waals surface area (Å²) in [4.78, 5) is 12.9. The average molecular weight is 282 g/mol. The van der Waals surface area contributed by atoms with Crippen molar-refractivity contribution in [1.29, 1.82) is 5.26 Å². The van der Waals surface area contributed by atoms with Crippen LogP contribution < -0.4 is 4.90 Å². The Morgan fingerprint density at radius 1 is 1.40 bits per heavy atom. The number of esters is 1. The molecule has 0 unspecified atom stereocenters. The smallest absolute Gasteiger partial charge is 0.325 e. The fraction of sp³-hybridized carbons (Fsp3) is 0.429. The van der Waals surface area contributed by atoms with Crippen LogP contribution in [0.1, 0.15) is 26.3 Å². The topological polar surface area (TPSA) is 53.3 Å². The van der Waals surface area contributed by atoms with Gasteiger partial charge in [0.1, 0.15) is 12.6 Å². The summed E-state index contributed by atoms with van der Waals surface area (Å²) in [6.45, 7) is 5.19. The Balaban J connectivity index is 3.14. The number of hydrogen-bond acceptors (Lipinski definition) is 4. The van der Waals surface area contributed by atoms with Crippen molar-refractivity contribution in [2.24, 2.45) is 0 Å². The minimum absolute atomic E-state index is 0.0652. The fourth-order valence-electron chi connectivity index (χ4n) is 1.74. The molecule has 0 aliphatic heterocycles. The lowest BCUT2D eigenvalue weighted by molar-refractivity contribution is -0.141. The van der Waals surface area contributed by atoms with Gasteiger partial charge in [-0.1, -0.05) is 0 Å². The molecule has 0 fully saturated rings. The zero-order valence-corrected chi connectivity index (χ0v) is 11.6. The summed E-state index contributed by atoms with van der Waals surface area (Å²) >= 11 is 0. The largest absolute Gasteiger partial charge is 0.465 e. The number of nitrogens with zero attached hydrogens (tertiary/aromatic N) is 2. The van der Waals surface area contributed by atoms with E-state index in [1.165, 1.54) is 17.0 Å². The molecule has 0 spiro atoms. The summed E-state index contributed by atoms with van der Waals surface area (Å²) < 4.78 is 32.4. The van der Waals surface area contributed by atoms with E-state index in [1.54, 1.807) is 26.8 Å². The maximum atomic E-state index is 14.0. The molecule has 0 N–H and O–H groups in total. The third-order valence-corrected chi connectivity index (χ3v) is 2.72. The summed E-state index contributed by atoms with van der Waals surface area (Å²) in [6, 6.07) is 3.81. The van der Waals surface area contributed by atoms with Crippen molar-refractivity contribution in [3.63, 3.8) is 0 Å². The summed E-state index contributed by atoms with van der Waals surface area (Å²) in [7, 11) is 0. The van der Waals surface area contributed by atoms with Gasteiger partial charge in [-0.2, -0.15) is 5.26 Å². The minimum atomic E-state index is -1.21. The second-order valence-electron chi connectivity index (χ2n) is 4.40. The molecular weight excluding hydrogens is 266 g/mol. The van der Waals surface area contributed by atoms with Crippen molar-refractivity contribution in [3.05, 3.63) is 29.3 Å². The van der Waals surface area contributed by atoms with Crippen LogP contribution in [0.3, 0.4) is 0 Å². The summed E-state index contributed by atoms with van der Waals surface area (Å²) in [5, 5.41) is 8.65. The number of ether oxygens (including phenoxy) is 1. The van der Waals surface area contributed by atoms with E-state index < -0.39 is 17.6 Å². The van der Waals surface area contributed by atoms with Crippen LogP contribution in [0.5, 0.6) is 0 Å². The molecule has 0 heterocycles. The normalized spacial score (nSPS) is 10.2. The number of benzene rings is 1. The van der Waals surface area contributed by atoms with Gasteiger partial charge in [0, 0.05) is 6.04 Å². The molecule has 0 atom stereocenters. The first kappa shape index (κ1) is 15.9. The van der Waals surface area contributed by atoms with Crippen LogP contribution in [-0.4, -0.2) is 25.2 Å². The second kappa shape index (κ2) is 6.85. The molecule has 0 saturated heterocycles. The van der Waals surface area contributed by atoms with E-state index in [-0.39, 0.29) is 30.4 Å². The molecule has 20 heavy (non-hydrogen) atoms. The maximum Gasteiger partial charge on any atom is 0.325 e. The van der Waals surface area contributed by atoms with Crippen LogP contribution in [0.2, 0.25) is 0 Å². The van der Waals surface area contributed by atoms with E-state index in [2.05, 4.69) is 0 Å². The lowest BCUT2D eigenvalue weighted by Gasteiger charge is -2.28. The Kier molecular flexibility index (Phi) is 5.44. The third-order valence-electron chi connectivity index (χ3n) is 2.72. The molecule has 0 aliphatic carbocycles. The average Bonchev–Trinajstić information content (AvgIpc) is 2.40. The van der Waals surface area contributed by atoms with E-state index in [4.69, 9.17) is 10.00 Å². The number of carbonyl (C=O) groups excluding carboxylic acids is 1. The number of rotatable bonds is 5. The van der Waals surface area contributed by atoms with E-state index in [1.807, 2.05) is 0 Å². The predicted octanol–water partition coefficient (Wildman–Crippen LogP) is 2.61. The van der Waals surface area contributed by atoms with Gasteiger partial charge in [0.25, 0.3) is 0 Å². The number of anilines is 1. The molecule has 0 bridgehead atoms. The molecule has 0 saturated carbocycles. The molecular formula is C14H16F2N2O2. The van der Waals surface area contributed by atoms with Gasteiger partial charge in [0.15, 0.2) is 11.6 Å². The Hall–Kier alpha value is -2.16. The van der Waals surface area contributed by atoms with Gasteiger partial charge in [-0.05, 0) is 32.9 Å². The van der Waals surface area contributed by atoms with Gasteiger partial charge in [-0.25, -0.2) is 8.78 Å². The van der Waals surface area contributed by atoms with Gasteiger partial charge in [-0.3, -0.25) is 4.79 Å². The highest BCUT2D eigenvalue weighted by atomic mass is 19.2. The van der Waals surface area contributed by atoms with Crippen LogP contribution in [0.15, 0.2) is 12.1 Å². The molecule has 0 amide bonds. The van der Waals surface area contributed by atoms with Gasteiger partial charge >= 0.3 is 5.97 Å². The van der Waals surface area contributed by atoms with Crippen LogP contribution >= 0.6 is 0 Å². The van der Waals surface area contributed by atoms with E-state index >= 15 is 0 Å². The van der Waals surface area contributed by atoms with Crippen molar-refractivity contribution < 1.29 is 18.3 Å². The monoisotopic (exact) mass is 282 g/mol. The summed E-state index contributed by atoms with van der Waals surface area (Å²) in [5.74, 6) is -2.87. The van der Waals surface area contributed by atoms with E-state index in [0.29, 0.717) is 0 Å². The molecule has 6 heteroatoms. The molecule has 0 radical (unpaired) electrons. The molecule has 0 aliphatic rings. The van der Waals surface area contributed by atoms with Gasteiger partial charge in [0.2, 0.25) is 0 Å². The third kappa shape index (κ3) is 3.44. The lowest BCUT2D eigenvalue weighted by atomic mass is 10.1. The highest BCUT2D eigenvalue weighted by molar-refractivity contribution is 5.76. The van der Waals surface area contributed by atoms with Gasteiger partial charge in [0.05, 0.1) is 17.9 Å². The van der Waals surface area contributed by atoms with Crippen molar-refractivity contribution in [1.82, 2.24) is 0 Å². The quantitative estimate of drug-likeness (QED) is 0.779. The first-order valence-corrected chi connectivity index (χ1v) is 6.22. The van der Waals surface area contributed by atoms with Gasteiger partial charge in [-0.15, -0.1) is 0 Å². The van der Waals surface area contributed by atoms with Crippen LogP contribution in [0.4, 0.5) is 14.5 Å². The first-order chi connectivity index (χ1) is 9.42. The zero-order valence-electron chi connectivity index (χ0n) is 11.6. The Morgan fingerprint density at radius 3 is 2.55 bits per heavy atom. The molecule has 1 rings (SSSR count). The Labute approximate surface area is 116 Å². The van der Waals surface area contributed by atoms with E-state index in [0.717, 1.165) is 0 Å². The SMILES string of the molecule is CCOC(=O)CN(c1ccc(C#N)c(F)c1F)C(C)C. The zero-order chi connectivity index (χ0) is 15.3. The van der Waals surface area contributed by atoms with Crippen molar-refractivity contribution >= 4 is 11.7 Å². The first-order valence-electron chi connectivity index (χ1n) is 6.22. The summed E-state index contributed by atoms with van der Waals surface area (Å²) in [5.41, 5.74) is -0.435. The maximum absolute atomic E-state index is 14.0. The van der Waals surface area contributed by atoms with Crippen molar-refractivity contribution in [2.45, 2.75) is 26.8 Å². The molecule has 1 aromatic rings. The standard InChI is InChI=1S/C14H16F2N2O2/c1-4-20-12(19)8-18(9(2)3)11-6-5-10(7-17)13(15)14(11)16/h5-6,9H,4,8H2,1-3H3. The molecule has 4 nitrogen and oxygen atoms in total.